The Balaban J connectivity index is 2.21. The number of hydrogen-bond donors (Lipinski definition) is 2. The highest BCUT2D eigenvalue weighted by atomic mass is 14.8. The number of rotatable bonds is 6. The van der Waals surface area contributed by atoms with E-state index in [1.54, 1.807) is 0 Å². The molecule has 2 nitrogen and oxygen atoms in total. The molecule has 14 heavy (non-hydrogen) atoms. The SMILES string of the molecule is CNCCC1CC(C)C(CCNC)C1. The fraction of sp³-hybridized carbons (Fsp3) is 1.00. The fourth-order valence-corrected chi connectivity index (χ4v) is 2.79. The molecule has 0 radical (unpaired) electrons. The van der Waals surface area contributed by atoms with E-state index in [9.17, 15) is 0 Å². The minimum Gasteiger partial charge on any atom is -0.320 e. The van der Waals surface area contributed by atoms with Gasteiger partial charge in [-0.05, 0) is 70.6 Å². The molecule has 0 heterocycles. The van der Waals surface area contributed by atoms with Crippen LogP contribution in [0.3, 0.4) is 0 Å². The third-order valence-electron chi connectivity index (χ3n) is 3.71. The Morgan fingerprint density at radius 2 is 1.64 bits per heavy atom. The summed E-state index contributed by atoms with van der Waals surface area (Å²) in [5, 5.41) is 6.52. The summed E-state index contributed by atoms with van der Waals surface area (Å²) in [5.74, 6) is 2.91. The molecule has 0 bridgehead atoms. The Kier molecular flexibility index (Phi) is 5.49. The second kappa shape index (κ2) is 6.41. The van der Waals surface area contributed by atoms with Gasteiger partial charge in [0.1, 0.15) is 0 Å². The van der Waals surface area contributed by atoms with E-state index in [2.05, 4.69) is 31.7 Å². The first-order chi connectivity index (χ1) is 6.77. The van der Waals surface area contributed by atoms with Gasteiger partial charge in [-0.15, -0.1) is 0 Å². The van der Waals surface area contributed by atoms with Gasteiger partial charge in [-0.2, -0.15) is 0 Å². The van der Waals surface area contributed by atoms with E-state index in [1.165, 1.54) is 38.8 Å². The summed E-state index contributed by atoms with van der Waals surface area (Å²) in [6.07, 6.45) is 5.66. The summed E-state index contributed by atoms with van der Waals surface area (Å²) in [4.78, 5) is 0. The van der Waals surface area contributed by atoms with Crippen molar-refractivity contribution in [2.45, 2.75) is 32.6 Å². The lowest BCUT2D eigenvalue weighted by atomic mass is 9.95. The van der Waals surface area contributed by atoms with Crippen LogP contribution in [0.25, 0.3) is 0 Å². The smallest absolute Gasteiger partial charge is 0.00492 e. The first-order valence-corrected chi connectivity index (χ1v) is 6.07. The van der Waals surface area contributed by atoms with Crippen LogP contribution in [0.2, 0.25) is 0 Å². The zero-order valence-electron chi connectivity index (χ0n) is 9.97. The van der Waals surface area contributed by atoms with E-state index in [4.69, 9.17) is 0 Å². The molecular formula is C12H26N2. The van der Waals surface area contributed by atoms with Gasteiger partial charge in [0, 0.05) is 0 Å². The molecule has 1 fully saturated rings. The van der Waals surface area contributed by atoms with E-state index < -0.39 is 0 Å². The number of nitrogens with one attached hydrogen (secondary N) is 2. The van der Waals surface area contributed by atoms with Gasteiger partial charge >= 0.3 is 0 Å². The summed E-state index contributed by atoms with van der Waals surface area (Å²) in [6, 6.07) is 0. The van der Waals surface area contributed by atoms with Crippen molar-refractivity contribution in [2.24, 2.45) is 17.8 Å². The van der Waals surface area contributed by atoms with Crippen LogP contribution < -0.4 is 10.6 Å². The largest absolute Gasteiger partial charge is 0.320 e. The van der Waals surface area contributed by atoms with E-state index in [1.807, 2.05) is 0 Å². The third kappa shape index (κ3) is 3.58. The van der Waals surface area contributed by atoms with Gasteiger partial charge in [0.25, 0.3) is 0 Å². The van der Waals surface area contributed by atoms with Gasteiger partial charge in [-0.1, -0.05) is 6.92 Å². The van der Waals surface area contributed by atoms with Gasteiger partial charge < -0.3 is 10.6 Å². The lowest BCUT2D eigenvalue weighted by Gasteiger charge is -2.14. The molecule has 2 N–H and O–H groups in total. The highest BCUT2D eigenvalue weighted by Gasteiger charge is 2.29. The van der Waals surface area contributed by atoms with Crippen molar-refractivity contribution in [3.8, 4) is 0 Å². The monoisotopic (exact) mass is 198 g/mol. The van der Waals surface area contributed by atoms with Gasteiger partial charge in [0.05, 0.1) is 0 Å². The zero-order chi connectivity index (χ0) is 10.4. The fourth-order valence-electron chi connectivity index (χ4n) is 2.79. The van der Waals surface area contributed by atoms with Crippen LogP contribution in [0, 0.1) is 17.8 Å². The predicted octanol–water partition coefficient (Wildman–Crippen LogP) is 1.87. The van der Waals surface area contributed by atoms with Crippen molar-refractivity contribution in [3.63, 3.8) is 0 Å². The first-order valence-electron chi connectivity index (χ1n) is 6.07. The Labute approximate surface area is 88.8 Å². The molecule has 0 saturated heterocycles. The van der Waals surface area contributed by atoms with Crippen LogP contribution in [0.4, 0.5) is 0 Å². The minimum atomic E-state index is 0.949. The van der Waals surface area contributed by atoms with Gasteiger partial charge in [0.2, 0.25) is 0 Å². The molecule has 1 saturated carbocycles. The summed E-state index contributed by atoms with van der Waals surface area (Å²) in [5.41, 5.74) is 0. The van der Waals surface area contributed by atoms with Crippen molar-refractivity contribution in [2.75, 3.05) is 27.2 Å². The maximum atomic E-state index is 3.26. The molecule has 1 aliphatic carbocycles. The zero-order valence-corrected chi connectivity index (χ0v) is 9.97. The van der Waals surface area contributed by atoms with E-state index in [0.29, 0.717) is 0 Å². The molecule has 84 valence electrons. The second-order valence-electron chi connectivity index (χ2n) is 4.86. The Bertz CT molecular complexity index is 147. The summed E-state index contributed by atoms with van der Waals surface area (Å²) in [6.45, 7) is 4.81. The Hall–Kier alpha value is -0.0800. The summed E-state index contributed by atoms with van der Waals surface area (Å²) < 4.78 is 0. The molecule has 1 aliphatic rings. The average Bonchev–Trinajstić information content (AvgIpc) is 2.53. The average molecular weight is 198 g/mol. The highest BCUT2D eigenvalue weighted by Crippen LogP contribution is 2.39. The van der Waals surface area contributed by atoms with E-state index >= 15 is 0 Å². The predicted molar refractivity (Wildman–Crippen MR) is 62.5 cm³/mol. The molecule has 2 heteroatoms. The van der Waals surface area contributed by atoms with Crippen LogP contribution in [0.15, 0.2) is 0 Å². The van der Waals surface area contributed by atoms with Gasteiger partial charge in [0.15, 0.2) is 0 Å². The van der Waals surface area contributed by atoms with Crippen LogP contribution >= 0.6 is 0 Å². The Morgan fingerprint density at radius 1 is 1.00 bits per heavy atom. The number of hydrogen-bond acceptors (Lipinski definition) is 2. The lowest BCUT2D eigenvalue weighted by Crippen LogP contribution is -2.15. The Morgan fingerprint density at radius 3 is 2.29 bits per heavy atom. The van der Waals surface area contributed by atoms with Crippen LogP contribution in [0.1, 0.15) is 32.6 Å². The van der Waals surface area contributed by atoms with Crippen molar-refractivity contribution >= 4 is 0 Å². The maximum absolute atomic E-state index is 3.26. The van der Waals surface area contributed by atoms with Crippen molar-refractivity contribution in [1.29, 1.82) is 0 Å². The third-order valence-corrected chi connectivity index (χ3v) is 3.71. The van der Waals surface area contributed by atoms with Crippen LogP contribution in [0.5, 0.6) is 0 Å². The molecule has 0 aliphatic heterocycles. The summed E-state index contributed by atoms with van der Waals surface area (Å²) in [7, 11) is 4.11. The highest BCUT2D eigenvalue weighted by molar-refractivity contribution is 4.81. The molecule has 0 aromatic heterocycles. The molecule has 3 unspecified atom stereocenters. The van der Waals surface area contributed by atoms with Crippen molar-refractivity contribution < 1.29 is 0 Å². The molecule has 0 spiro atoms. The molecule has 0 aromatic carbocycles. The van der Waals surface area contributed by atoms with Crippen LogP contribution in [-0.4, -0.2) is 27.2 Å². The lowest BCUT2D eigenvalue weighted by molar-refractivity contribution is 0.385. The van der Waals surface area contributed by atoms with Gasteiger partial charge in [-0.25, -0.2) is 0 Å². The van der Waals surface area contributed by atoms with E-state index in [0.717, 1.165) is 17.8 Å². The molecule has 0 amide bonds. The van der Waals surface area contributed by atoms with E-state index in [-0.39, 0.29) is 0 Å². The van der Waals surface area contributed by atoms with Crippen LogP contribution in [-0.2, 0) is 0 Å². The summed E-state index contributed by atoms with van der Waals surface area (Å²) >= 11 is 0. The topological polar surface area (TPSA) is 24.1 Å². The first kappa shape index (κ1) is 12.0. The van der Waals surface area contributed by atoms with Crippen molar-refractivity contribution in [1.82, 2.24) is 10.6 Å². The molecular weight excluding hydrogens is 172 g/mol. The quantitative estimate of drug-likeness (QED) is 0.681. The molecule has 1 rings (SSSR count). The maximum Gasteiger partial charge on any atom is -0.00492 e. The minimum absolute atomic E-state index is 0.949. The standard InChI is InChI=1S/C12H26N2/c1-10-8-11(4-6-13-2)9-12(10)5-7-14-3/h10-14H,4-9H2,1-3H3. The molecule has 0 aromatic rings. The van der Waals surface area contributed by atoms with Crippen molar-refractivity contribution in [3.05, 3.63) is 0 Å². The van der Waals surface area contributed by atoms with Gasteiger partial charge in [-0.3, -0.25) is 0 Å². The normalized spacial score (nSPS) is 32.4. The molecule has 3 atom stereocenters. The second-order valence-corrected chi connectivity index (χ2v) is 4.86.